The van der Waals surface area contributed by atoms with Gasteiger partial charge in [0.1, 0.15) is 5.82 Å². The van der Waals surface area contributed by atoms with E-state index in [2.05, 4.69) is 5.32 Å². The minimum atomic E-state index is -3.68. The number of sulfonamides is 1. The van der Waals surface area contributed by atoms with Gasteiger partial charge in [0.15, 0.2) is 0 Å². The molecule has 2 aromatic rings. The highest BCUT2D eigenvalue weighted by molar-refractivity contribution is 7.92. The number of carbonyl (C=O) groups excluding carboxylic acids is 1. The summed E-state index contributed by atoms with van der Waals surface area (Å²) in [5, 5.41) is 2.86. The van der Waals surface area contributed by atoms with E-state index in [0.29, 0.717) is 11.1 Å². The first-order valence-electron chi connectivity index (χ1n) is 8.11. The number of hydrogen-bond acceptors (Lipinski definition) is 3. The molecule has 0 fully saturated rings. The summed E-state index contributed by atoms with van der Waals surface area (Å²) >= 11 is 0. The van der Waals surface area contributed by atoms with Crippen molar-refractivity contribution in [2.24, 2.45) is 0 Å². The van der Waals surface area contributed by atoms with Crippen molar-refractivity contribution >= 4 is 21.6 Å². The topological polar surface area (TPSA) is 66.5 Å². The molecule has 0 heterocycles. The van der Waals surface area contributed by atoms with Crippen molar-refractivity contribution in [3.63, 3.8) is 0 Å². The first-order valence-corrected chi connectivity index (χ1v) is 9.96. The molecule has 7 heteroatoms. The lowest BCUT2D eigenvalue weighted by Crippen LogP contribution is -2.40. The Morgan fingerprint density at radius 2 is 1.65 bits per heavy atom. The standard InChI is InChI=1S/C19H23FN2O3S/c1-19(2,3)21-18(23)15-11-9-14(10-12-15)13-22(26(4,24)25)17-8-6-5-7-16(17)20/h5-12H,13H2,1-4H3,(H,21,23). The second-order valence-electron chi connectivity index (χ2n) is 7.12. The van der Waals surface area contributed by atoms with Gasteiger partial charge < -0.3 is 5.32 Å². The summed E-state index contributed by atoms with van der Waals surface area (Å²) in [4.78, 5) is 12.2. The Bertz CT molecular complexity index is 888. The first kappa shape index (κ1) is 19.9. The molecular formula is C19H23FN2O3S. The molecule has 0 spiro atoms. The molecule has 0 atom stereocenters. The molecule has 26 heavy (non-hydrogen) atoms. The fourth-order valence-electron chi connectivity index (χ4n) is 2.38. The maximum Gasteiger partial charge on any atom is 0.251 e. The van der Waals surface area contributed by atoms with Gasteiger partial charge in [-0.15, -0.1) is 0 Å². The lowest BCUT2D eigenvalue weighted by atomic mass is 10.1. The quantitative estimate of drug-likeness (QED) is 0.868. The van der Waals surface area contributed by atoms with Crippen LogP contribution in [0.2, 0.25) is 0 Å². The number of halogens is 1. The number of anilines is 1. The fourth-order valence-corrected chi connectivity index (χ4v) is 3.26. The molecule has 2 rings (SSSR count). The van der Waals surface area contributed by atoms with Crippen molar-refractivity contribution in [3.05, 3.63) is 65.5 Å². The lowest BCUT2D eigenvalue weighted by molar-refractivity contribution is 0.0919. The molecule has 140 valence electrons. The van der Waals surface area contributed by atoms with Crippen LogP contribution in [-0.4, -0.2) is 26.1 Å². The SMILES string of the molecule is CC(C)(C)NC(=O)c1ccc(CN(c2ccccc2F)S(C)(=O)=O)cc1. The van der Waals surface area contributed by atoms with E-state index in [-0.39, 0.29) is 23.7 Å². The van der Waals surface area contributed by atoms with Crippen LogP contribution in [0.1, 0.15) is 36.7 Å². The monoisotopic (exact) mass is 378 g/mol. The zero-order valence-electron chi connectivity index (χ0n) is 15.3. The van der Waals surface area contributed by atoms with E-state index in [1.807, 2.05) is 20.8 Å². The molecule has 0 bridgehead atoms. The van der Waals surface area contributed by atoms with Crippen LogP contribution >= 0.6 is 0 Å². The van der Waals surface area contributed by atoms with Gasteiger partial charge in [0.25, 0.3) is 5.91 Å². The van der Waals surface area contributed by atoms with Crippen molar-refractivity contribution in [3.8, 4) is 0 Å². The zero-order valence-corrected chi connectivity index (χ0v) is 16.1. The van der Waals surface area contributed by atoms with Gasteiger partial charge in [-0.3, -0.25) is 9.10 Å². The number of benzene rings is 2. The molecule has 0 saturated heterocycles. The summed E-state index contributed by atoms with van der Waals surface area (Å²) in [6.45, 7) is 5.63. The van der Waals surface area contributed by atoms with E-state index in [4.69, 9.17) is 0 Å². The van der Waals surface area contributed by atoms with Crippen LogP contribution in [0.5, 0.6) is 0 Å². The number of hydrogen-bond donors (Lipinski definition) is 1. The van der Waals surface area contributed by atoms with E-state index < -0.39 is 15.8 Å². The third-order valence-corrected chi connectivity index (χ3v) is 4.68. The van der Waals surface area contributed by atoms with Gasteiger partial charge in [-0.2, -0.15) is 0 Å². The van der Waals surface area contributed by atoms with Crippen LogP contribution in [0.15, 0.2) is 48.5 Å². The molecule has 0 radical (unpaired) electrons. The van der Waals surface area contributed by atoms with Crippen LogP contribution in [-0.2, 0) is 16.6 Å². The molecule has 0 aliphatic carbocycles. The van der Waals surface area contributed by atoms with E-state index in [9.17, 15) is 17.6 Å². The van der Waals surface area contributed by atoms with E-state index in [0.717, 1.165) is 10.6 Å². The average Bonchev–Trinajstić information content (AvgIpc) is 2.51. The van der Waals surface area contributed by atoms with Crippen LogP contribution in [0.3, 0.4) is 0 Å². The first-order chi connectivity index (χ1) is 12.0. The van der Waals surface area contributed by atoms with E-state index in [1.54, 1.807) is 30.3 Å². The van der Waals surface area contributed by atoms with Gasteiger partial charge in [-0.1, -0.05) is 24.3 Å². The number of amides is 1. The van der Waals surface area contributed by atoms with Crippen molar-refractivity contribution in [2.45, 2.75) is 32.9 Å². The third kappa shape index (κ3) is 5.29. The van der Waals surface area contributed by atoms with Gasteiger partial charge in [0, 0.05) is 11.1 Å². The van der Waals surface area contributed by atoms with Crippen molar-refractivity contribution < 1.29 is 17.6 Å². The van der Waals surface area contributed by atoms with Crippen LogP contribution < -0.4 is 9.62 Å². The zero-order chi connectivity index (χ0) is 19.5. The van der Waals surface area contributed by atoms with Gasteiger partial charge in [0.2, 0.25) is 10.0 Å². The molecule has 1 amide bonds. The normalized spacial score (nSPS) is 11.9. The predicted octanol–water partition coefficient (Wildman–Crippen LogP) is 3.32. The summed E-state index contributed by atoms with van der Waals surface area (Å²) in [6.07, 6.45) is 1.03. The minimum absolute atomic E-state index is 0.00967. The van der Waals surface area contributed by atoms with Crippen LogP contribution in [0, 0.1) is 5.82 Å². The second kappa shape index (κ2) is 7.45. The van der Waals surface area contributed by atoms with Gasteiger partial charge in [-0.05, 0) is 50.6 Å². The third-order valence-electron chi connectivity index (χ3n) is 3.55. The van der Waals surface area contributed by atoms with Gasteiger partial charge >= 0.3 is 0 Å². The Hall–Kier alpha value is -2.41. The van der Waals surface area contributed by atoms with E-state index >= 15 is 0 Å². The van der Waals surface area contributed by atoms with Crippen LogP contribution in [0.4, 0.5) is 10.1 Å². The molecule has 0 aliphatic rings. The highest BCUT2D eigenvalue weighted by Gasteiger charge is 2.21. The number of rotatable bonds is 5. The Morgan fingerprint density at radius 1 is 1.08 bits per heavy atom. The Kier molecular flexibility index (Phi) is 5.71. The summed E-state index contributed by atoms with van der Waals surface area (Å²) in [5.41, 5.74) is 0.754. The lowest BCUT2D eigenvalue weighted by Gasteiger charge is -2.23. The maximum atomic E-state index is 14.0. The molecule has 0 aliphatic heterocycles. The highest BCUT2D eigenvalue weighted by atomic mass is 32.2. The molecule has 1 N–H and O–H groups in total. The number of nitrogens with zero attached hydrogens (tertiary/aromatic N) is 1. The van der Waals surface area contributed by atoms with Crippen molar-refractivity contribution in [1.29, 1.82) is 0 Å². The molecule has 5 nitrogen and oxygen atoms in total. The smallest absolute Gasteiger partial charge is 0.251 e. The Balaban J connectivity index is 2.25. The molecule has 2 aromatic carbocycles. The summed E-state index contributed by atoms with van der Waals surface area (Å²) < 4.78 is 39.3. The predicted molar refractivity (Wildman–Crippen MR) is 101 cm³/mol. The average molecular weight is 378 g/mol. The summed E-state index contributed by atoms with van der Waals surface area (Å²) in [6, 6.07) is 12.3. The Morgan fingerprint density at radius 3 is 2.15 bits per heavy atom. The Labute approximate surface area is 153 Å². The maximum absolute atomic E-state index is 14.0. The molecule has 0 saturated carbocycles. The summed E-state index contributed by atoms with van der Waals surface area (Å²) in [5.74, 6) is -0.822. The largest absolute Gasteiger partial charge is 0.347 e. The van der Waals surface area contributed by atoms with Crippen LogP contribution in [0.25, 0.3) is 0 Å². The van der Waals surface area contributed by atoms with Crippen molar-refractivity contribution in [1.82, 2.24) is 5.32 Å². The highest BCUT2D eigenvalue weighted by Crippen LogP contribution is 2.23. The van der Waals surface area contributed by atoms with Crippen molar-refractivity contribution in [2.75, 3.05) is 10.6 Å². The molecule has 0 aromatic heterocycles. The number of carbonyl (C=O) groups is 1. The number of para-hydroxylation sites is 1. The molecule has 0 unspecified atom stereocenters. The minimum Gasteiger partial charge on any atom is -0.347 e. The second-order valence-corrected chi connectivity index (χ2v) is 9.03. The molecular weight excluding hydrogens is 355 g/mol. The van der Waals surface area contributed by atoms with E-state index in [1.165, 1.54) is 18.2 Å². The van der Waals surface area contributed by atoms with Gasteiger partial charge in [0.05, 0.1) is 18.5 Å². The fraction of sp³-hybridized carbons (Fsp3) is 0.316. The van der Waals surface area contributed by atoms with Gasteiger partial charge in [-0.25, -0.2) is 12.8 Å². The summed E-state index contributed by atoms with van der Waals surface area (Å²) in [7, 11) is -3.68. The number of nitrogens with one attached hydrogen (secondary N) is 1.